The molecule has 2 aromatic heterocycles. The van der Waals surface area contributed by atoms with E-state index in [1.807, 2.05) is 24.4 Å². The van der Waals surface area contributed by atoms with Gasteiger partial charge in [-0.25, -0.2) is 9.97 Å². The van der Waals surface area contributed by atoms with Gasteiger partial charge in [0.05, 0.1) is 31.2 Å². The Bertz CT molecular complexity index is 1040. The Balaban J connectivity index is 1.33. The molecule has 1 saturated carbocycles. The van der Waals surface area contributed by atoms with Crippen LogP contribution in [0.4, 0.5) is 23.0 Å². The number of aryl methyl sites for hydroxylation is 1. The number of aromatic nitrogens is 2. The summed E-state index contributed by atoms with van der Waals surface area (Å²) in [4.78, 5) is 26.1. The zero-order chi connectivity index (χ0) is 21.4. The predicted octanol–water partition coefficient (Wildman–Crippen LogP) is 3.02. The predicted molar refractivity (Wildman–Crippen MR) is 117 cm³/mol. The SMILES string of the molecule is Cc1cc(Nc2cc(N3CC[C@@](C#N)(C4CC4)C3=O)ccn2)ncc1N1CCOCC1. The summed E-state index contributed by atoms with van der Waals surface area (Å²) in [5, 5.41) is 13.0. The highest BCUT2D eigenvalue weighted by molar-refractivity contribution is 6.02. The van der Waals surface area contributed by atoms with E-state index in [0.717, 1.165) is 56.1 Å². The number of hydrogen-bond donors (Lipinski definition) is 1. The van der Waals surface area contributed by atoms with Crippen molar-refractivity contribution >= 4 is 28.9 Å². The van der Waals surface area contributed by atoms with Gasteiger partial charge in [0.15, 0.2) is 0 Å². The maximum Gasteiger partial charge on any atom is 0.247 e. The summed E-state index contributed by atoms with van der Waals surface area (Å²) in [5.74, 6) is 1.47. The molecule has 2 saturated heterocycles. The highest BCUT2D eigenvalue weighted by Gasteiger charge is 2.56. The minimum Gasteiger partial charge on any atom is -0.378 e. The Kier molecular flexibility index (Phi) is 4.98. The summed E-state index contributed by atoms with van der Waals surface area (Å²) in [7, 11) is 0. The first kappa shape index (κ1) is 19.8. The van der Waals surface area contributed by atoms with Gasteiger partial charge in [-0.2, -0.15) is 5.26 Å². The van der Waals surface area contributed by atoms with Gasteiger partial charge in [-0.3, -0.25) is 4.79 Å². The molecule has 4 heterocycles. The average molecular weight is 419 g/mol. The van der Waals surface area contributed by atoms with E-state index in [4.69, 9.17) is 4.74 Å². The Labute approximate surface area is 181 Å². The smallest absolute Gasteiger partial charge is 0.247 e. The molecular formula is C23H26N6O2. The van der Waals surface area contributed by atoms with E-state index in [1.165, 1.54) is 0 Å². The number of nitrogens with one attached hydrogen (secondary N) is 1. The van der Waals surface area contributed by atoms with Gasteiger partial charge in [-0.05, 0) is 49.8 Å². The summed E-state index contributed by atoms with van der Waals surface area (Å²) in [6.45, 7) is 5.85. The van der Waals surface area contributed by atoms with Crippen LogP contribution in [0, 0.1) is 29.6 Å². The number of nitriles is 1. The fourth-order valence-electron chi connectivity index (χ4n) is 4.67. The van der Waals surface area contributed by atoms with Crippen LogP contribution in [0.1, 0.15) is 24.8 Å². The molecule has 0 unspecified atom stereocenters. The molecule has 1 aliphatic carbocycles. The Morgan fingerprint density at radius 2 is 1.97 bits per heavy atom. The topological polar surface area (TPSA) is 94.4 Å². The second kappa shape index (κ2) is 7.82. The molecule has 3 aliphatic rings. The average Bonchev–Trinajstić information content (AvgIpc) is 3.58. The van der Waals surface area contributed by atoms with Crippen LogP contribution in [-0.4, -0.2) is 48.7 Å². The van der Waals surface area contributed by atoms with E-state index >= 15 is 0 Å². The van der Waals surface area contributed by atoms with E-state index in [-0.39, 0.29) is 11.8 Å². The molecule has 160 valence electrons. The summed E-state index contributed by atoms with van der Waals surface area (Å²) >= 11 is 0. The number of hydrogen-bond acceptors (Lipinski definition) is 7. The van der Waals surface area contributed by atoms with E-state index in [1.54, 1.807) is 11.1 Å². The van der Waals surface area contributed by atoms with Crippen LogP contribution < -0.4 is 15.1 Å². The third-order valence-electron chi connectivity index (χ3n) is 6.58. The van der Waals surface area contributed by atoms with Crippen LogP contribution in [0.5, 0.6) is 0 Å². The van der Waals surface area contributed by atoms with Crippen molar-refractivity contribution in [2.24, 2.45) is 11.3 Å². The van der Waals surface area contributed by atoms with Crippen LogP contribution in [0.2, 0.25) is 0 Å². The molecule has 0 radical (unpaired) electrons. The summed E-state index contributed by atoms with van der Waals surface area (Å²) in [6, 6.07) is 8.02. The molecular weight excluding hydrogens is 392 g/mol. The van der Waals surface area contributed by atoms with E-state index in [0.29, 0.717) is 24.6 Å². The number of anilines is 4. The molecule has 2 aliphatic heterocycles. The molecule has 8 heteroatoms. The molecule has 0 spiro atoms. The van der Waals surface area contributed by atoms with Crippen LogP contribution in [-0.2, 0) is 9.53 Å². The standard InChI is InChI=1S/C23H26N6O2/c1-16-12-20(26-14-19(16)28-8-10-31-11-9-28)27-21-13-18(4-6-25-21)29-7-5-23(15-24,22(29)30)17-2-3-17/h4,6,12-14,17H,2-3,5,7-11H2,1H3,(H,25,26,27)/t23-/m1/s1. The van der Waals surface area contributed by atoms with Gasteiger partial charge in [0.25, 0.3) is 0 Å². The van der Waals surface area contributed by atoms with Gasteiger partial charge in [0.1, 0.15) is 17.1 Å². The van der Waals surface area contributed by atoms with E-state index in [2.05, 4.69) is 33.2 Å². The van der Waals surface area contributed by atoms with E-state index in [9.17, 15) is 10.1 Å². The van der Waals surface area contributed by atoms with Crippen molar-refractivity contribution in [1.82, 2.24) is 9.97 Å². The minimum atomic E-state index is -0.842. The highest BCUT2D eigenvalue weighted by Crippen LogP contribution is 2.51. The zero-order valence-electron chi connectivity index (χ0n) is 17.7. The van der Waals surface area contributed by atoms with Crippen molar-refractivity contribution in [3.05, 3.63) is 36.2 Å². The lowest BCUT2D eigenvalue weighted by molar-refractivity contribution is -0.123. The molecule has 8 nitrogen and oxygen atoms in total. The van der Waals surface area contributed by atoms with Crippen molar-refractivity contribution in [2.75, 3.05) is 48.0 Å². The van der Waals surface area contributed by atoms with Gasteiger partial charge in [-0.1, -0.05) is 0 Å². The molecule has 0 aromatic carbocycles. The van der Waals surface area contributed by atoms with Gasteiger partial charge in [-0.15, -0.1) is 0 Å². The van der Waals surface area contributed by atoms with Crippen molar-refractivity contribution in [2.45, 2.75) is 26.2 Å². The van der Waals surface area contributed by atoms with Gasteiger partial charge < -0.3 is 19.9 Å². The van der Waals surface area contributed by atoms with E-state index < -0.39 is 5.41 Å². The molecule has 1 atom stereocenters. The Morgan fingerprint density at radius 3 is 2.68 bits per heavy atom. The first-order valence-corrected chi connectivity index (χ1v) is 10.9. The lowest BCUT2D eigenvalue weighted by Crippen LogP contribution is -2.36. The second-order valence-corrected chi connectivity index (χ2v) is 8.54. The molecule has 3 fully saturated rings. The second-order valence-electron chi connectivity index (χ2n) is 8.54. The Morgan fingerprint density at radius 1 is 1.19 bits per heavy atom. The summed E-state index contributed by atoms with van der Waals surface area (Å²) < 4.78 is 5.43. The molecule has 1 N–H and O–H groups in total. The molecule has 5 rings (SSSR count). The Hall–Kier alpha value is -3.18. The first-order valence-electron chi connectivity index (χ1n) is 10.9. The van der Waals surface area contributed by atoms with Crippen molar-refractivity contribution in [3.8, 4) is 6.07 Å². The van der Waals surface area contributed by atoms with Crippen LogP contribution >= 0.6 is 0 Å². The number of carbonyl (C=O) groups excluding carboxylic acids is 1. The summed E-state index contributed by atoms with van der Waals surface area (Å²) in [6.07, 6.45) is 6.11. The molecule has 2 aromatic rings. The number of amides is 1. The summed E-state index contributed by atoms with van der Waals surface area (Å²) in [5.41, 5.74) is 2.17. The number of morpholine rings is 1. The van der Waals surface area contributed by atoms with Crippen molar-refractivity contribution in [1.29, 1.82) is 5.26 Å². The molecule has 31 heavy (non-hydrogen) atoms. The van der Waals surface area contributed by atoms with Crippen LogP contribution in [0.15, 0.2) is 30.6 Å². The van der Waals surface area contributed by atoms with Crippen molar-refractivity contribution < 1.29 is 9.53 Å². The number of carbonyl (C=O) groups is 1. The lowest BCUT2D eigenvalue weighted by Gasteiger charge is -2.29. The number of ether oxygens (including phenoxy) is 1. The maximum absolute atomic E-state index is 13.1. The minimum absolute atomic E-state index is 0.0708. The third-order valence-corrected chi connectivity index (χ3v) is 6.58. The zero-order valence-corrected chi connectivity index (χ0v) is 17.7. The fraction of sp³-hybridized carbons (Fsp3) is 0.478. The molecule has 0 bridgehead atoms. The first-order chi connectivity index (χ1) is 15.1. The number of rotatable bonds is 5. The van der Waals surface area contributed by atoms with Gasteiger partial charge in [0, 0.05) is 37.6 Å². The largest absolute Gasteiger partial charge is 0.378 e. The molecule has 1 amide bonds. The number of nitrogens with zero attached hydrogens (tertiary/aromatic N) is 5. The maximum atomic E-state index is 13.1. The van der Waals surface area contributed by atoms with Crippen LogP contribution in [0.3, 0.4) is 0 Å². The lowest BCUT2D eigenvalue weighted by atomic mass is 9.83. The quantitative estimate of drug-likeness (QED) is 0.797. The van der Waals surface area contributed by atoms with Crippen molar-refractivity contribution in [3.63, 3.8) is 0 Å². The fourth-order valence-corrected chi connectivity index (χ4v) is 4.67. The van der Waals surface area contributed by atoms with Gasteiger partial charge >= 0.3 is 0 Å². The third kappa shape index (κ3) is 3.59. The highest BCUT2D eigenvalue weighted by atomic mass is 16.5. The number of pyridine rings is 2. The monoisotopic (exact) mass is 418 g/mol. The van der Waals surface area contributed by atoms with Gasteiger partial charge in [0.2, 0.25) is 5.91 Å². The normalized spacial score (nSPS) is 23.7. The van der Waals surface area contributed by atoms with Crippen LogP contribution in [0.25, 0.3) is 0 Å².